The monoisotopic (exact) mass is 243 g/mol. The summed E-state index contributed by atoms with van der Waals surface area (Å²) in [5, 5.41) is 3.02. The maximum Gasteiger partial charge on any atom is 0.293 e. The van der Waals surface area contributed by atoms with Crippen molar-refractivity contribution in [3.05, 3.63) is 47.0 Å². The summed E-state index contributed by atoms with van der Waals surface area (Å²) in [7, 11) is 0. The van der Waals surface area contributed by atoms with Gasteiger partial charge in [-0.25, -0.2) is 15.0 Å². The minimum Gasteiger partial charge on any atom is -0.360 e. The zero-order valence-electron chi connectivity index (χ0n) is 9.78. The van der Waals surface area contributed by atoms with Gasteiger partial charge in [-0.05, 0) is 18.9 Å². The van der Waals surface area contributed by atoms with E-state index in [0.717, 1.165) is 18.5 Å². The first kappa shape index (κ1) is 10.9. The Balaban J connectivity index is 1.77. The molecule has 0 radical (unpaired) electrons. The van der Waals surface area contributed by atoms with Crippen LogP contribution < -0.4 is 10.9 Å². The first-order valence-electron chi connectivity index (χ1n) is 5.90. The highest BCUT2D eigenvalue weighted by Gasteiger charge is 2.25. The molecule has 2 aromatic rings. The van der Waals surface area contributed by atoms with Gasteiger partial charge in [-0.15, -0.1) is 0 Å². The second kappa shape index (κ2) is 4.56. The van der Waals surface area contributed by atoms with E-state index in [-0.39, 0.29) is 5.56 Å². The Morgan fingerprint density at radius 2 is 2.22 bits per heavy atom. The smallest absolute Gasteiger partial charge is 0.293 e. The lowest BCUT2D eigenvalue weighted by Gasteiger charge is -2.07. The van der Waals surface area contributed by atoms with Gasteiger partial charge in [0.15, 0.2) is 5.82 Å². The molecule has 1 saturated carbocycles. The number of anilines is 1. The largest absolute Gasteiger partial charge is 0.360 e. The fraction of sp³-hybridized carbons (Fsp3) is 0.333. The van der Waals surface area contributed by atoms with Crippen LogP contribution in [-0.2, 0) is 6.54 Å². The molecule has 1 aliphatic carbocycles. The minimum atomic E-state index is -0.0611. The molecule has 6 heteroatoms. The number of rotatable bonds is 4. The van der Waals surface area contributed by atoms with Crippen molar-refractivity contribution in [1.29, 1.82) is 0 Å². The second-order valence-corrected chi connectivity index (χ2v) is 4.27. The summed E-state index contributed by atoms with van der Waals surface area (Å²) in [6.07, 6.45) is 8.71. The highest BCUT2D eigenvalue weighted by atomic mass is 16.1. The second-order valence-electron chi connectivity index (χ2n) is 4.27. The number of hydrogen-bond donors (Lipinski definition) is 1. The van der Waals surface area contributed by atoms with E-state index in [1.54, 1.807) is 29.2 Å². The van der Waals surface area contributed by atoms with E-state index in [9.17, 15) is 4.79 Å². The summed E-state index contributed by atoms with van der Waals surface area (Å²) in [5.74, 6) is 0.378. The summed E-state index contributed by atoms with van der Waals surface area (Å²) in [6, 6.07) is 2.16. The van der Waals surface area contributed by atoms with Crippen molar-refractivity contribution in [2.45, 2.75) is 25.4 Å². The van der Waals surface area contributed by atoms with Gasteiger partial charge in [0.25, 0.3) is 5.56 Å². The van der Waals surface area contributed by atoms with E-state index in [1.165, 1.54) is 6.33 Å². The molecule has 0 unspecified atom stereocenters. The highest BCUT2D eigenvalue weighted by Crippen LogP contribution is 2.33. The Kier molecular flexibility index (Phi) is 2.76. The maximum atomic E-state index is 12.1. The molecule has 2 aromatic heterocycles. The average molecular weight is 243 g/mol. The van der Waals surface area contributed by atoms with Crippen molar-refractivity contribution >= 4 is 5.82 Å². The Bertz CT molecular complexity index is 591. The van der Waals surface area contributed by atoms with Gasteiger partial charge in [-0.2, -0.15) is 0 Å². The zero-order chi connectivity index (χ0) is 12.4. The number of nitrogens with zero attached hydrogens (tertiary/aromatic N) is 4. The third-order valence-corrected chi connectivity index (χ3v) is 2.89. The molecular formula is C12H13N5O. The van der Waals surface area contributed by atoms with Crippen molar-refractivity contribution in [1.82, 2.24) is 19.5 Å². The molecule has 0 aliphatic heterocycles. The molecule has 2 heterocycles. The molecule has 0 amide bonds. The summed E-state index contributed by atoms with van der Waals surface area (Å²) >= 11 is 0. The van der Waals surface area contributed by atoms with Crippen LogP contribution in [0.2, 0.25) is 0 Å². The Hall–Kier alpha value is -2.24. The lowest BCUT2D eigenvalue weighted by molar-refractivity contribution is 0.699. The fourth-order valence-corrected chi connectivity index (χ4v) is 1.78. The van der Waals surface area contributed by atoms with E-state index >= 15 is 0 Å². The van der Waals surface area contributed by atoms with Gasteiger partial charge >= 0.3 is 0 Å². The zero-order valence-corrected chi connectivity index (χ0v) is 9.78. The third-order valence-electron chi connectivity index (χ3n) is 2.89. The molecular weight excluding hydrogens is 230 g/mol. The van der Waals surface area contributed by atoms with E-state index in [0.29, 0.717) is 18.4 Å². The Morgan fingerprint density at radius 1 is 1.33 bits per heavy atom. The normalized spacial score (nSPS) is 14.4. The van der Waals surface area contributed by atoms with Crippen LogP contribution >= 0.6 is 0 Å². The highest BCUT2D eigenvalue weighted by molar-refractivity contribution is 5.31. The lowest BCUT2D eigenvalue weighted by atomic mass is 10.4. The van der Waals surface area contributed by atoms with Crippen LogP contribution in [0.1, 0.15) is 24.6 Å². The Morgan fingerprint density at radius 3 is 2.94 bits per heavy atom. The molecule has 0 spiro atoms. The van der Waals surface area contributed by atoms with Crippen molar-refractivity contribution in [3.8, 4) is 0 Å². The summed E-state index contributed by atoms with van der Waals surface area (Å²) < 4.78 is 1.75. The topological polar surface area (TPSA) is 72.7 Å². The molecule has 3 rings (SSSR count). The maximum absolute atomic E-state index is 12.1. The summed E-state index contributed by atoms with van der Waals surface area (Å²) in [5.41, 5.74) is 0.766. The van der Waals surface area contributed by atoms with Crippen molar-refractivity contribution in [3.63, 3.8) is 0 Å². The van der Waals surface area contributed by atoms with Gasteiger partial charge in [-0.1, -0.05) is 0 Å². The van der Waals surface area contributed by atoms with Crippen LogP contribution in [0, 0.1) is 0 Å². The molecule has 0 atom stereocenters. The van der Waals surface area contributed by atoms with Crippen LogP contribution in [-0.4, -0.2) is 19.5 Å². The number of nitrogens with one attached hydrogen (secondary N) is 1. The van der Waals surface area contributed by atoms with Crippen LogP contribution in [0.3, 0.4) is 0 Å². The molecule has 1 fully saturated rings. The predicted octanol–water partition coefficient (Wildman–Crippen LogP) is 0.980. The number of aromatic nitrogens is 4. The van der Waals surface area contributed by atoms with E-state index in [4.69, 9.17) is 0 Å². The molecule has 6 nitrogen and oxygen atoms in total. The van der Waals surface area contributed by atoms with Crippen molar-refractivity contribution < 1.29 is 0 Å². The van der Waals surface area contributed by atoms with Gasteiger partial charge in [-0.3, -0.25) is 4.79 Å². The molecule has 0 aromatic carbocycles. The van der Waals surface area contributed by atoms with Gasteiger partial charge in [0.1, 0.15) is 6.33 Å². The predicted molar refractivity (Wildman–Crippen MR) is 66.1 cm³/mol. The minimum absolute atomic E-state index is 0.0611. The fourth-order valence-electron chi connectivity index (χ4n) is 1.78. The molecule has 18 heavy (non-hydrogen) atoms. The first-order chi connectivity index (χ1) is 8.84. The van der Waals surface area contributed by atoms with Gasteiger partial charge in [0.05, 0.1) is 12.2 Å². The summed E-state index contributed by atoms with van der Waals surface area (Å²) in [6.45, 7) is 0.472. The van der Waals surface area contributed by atoms with Gasteiger partial charge in [0.2, 0.25) is 0 Å². The van der Waals surface area contributed by atoms with Crippen LogP contribution in [0.4, 0.5) is 5.82 Å². The first-order valence-corrected chi connectivity index (χ1v) is 5.90. The molecule has 0 bridgehead atoms. The van der Waals surface area contributed by atoms with Crippen LogP contribution in [0.5, 0.6) is 0 Å². The van der Waals surface area contributed by atoms with Crippen LogP contribution in [0.25, 0.3) is 0 Å². The van der Waals surface area contributed by atoms with Gasteiger partial charge < -0.3 is 9.88 Å². The Labute approximate surface area is 104 Å². The van der Waals surface area contributed by atoms with E-state index in [2.05, 4.69) is 20.3 Å². The molecule has 92 valence electrons. The molecule has 1 N–H and O–H groups in total. The quantitative estimate of drug-likeness (QED) is 0.866. The van der Waals surface area contributed by atoms with E-state index < -0.39 is 0 Å². The standard InChI is InChI=1S/C12H13N5O/c18-12-11(14-5-6-17(12)10-1-2-10)15-7-9-3-4-13-8-16-9/h3-6,8,10H,1-2,7H2,(H,14,15). The lowest BCUT2D eigenvalue weighted by Crippen LogP contribution is -2.23. The van der Waals surface area contributed by atoms with E-state index in [1.807, 2.05) is 0 Å². The van der Waals surface area contributed by atoms with Crippen molar-refractivity contribution in [2.75, 3.05) is 5.32 Å². The van der Waals surface area contributed by atoms with Crippen LogP contribution in [0.15, 0.2) is 35.8 Å². The molecule has 1 aliphatic rings. The van der Waals surface area contributed by atoms with Crippen molar-refractivity contribution in [2.24, 2.45) is 0 Å². The molecule has 0 saturated heterocycles. The number of hydrogen-bond acceptors (Lipinski definition) is 5. The SMILES string of the molecule is O=c1c(NCc2ccncn2)nccn1C1CC1. The average Bonchev–Trinajstić information content (AvgIpc) is 3.23. The summed E-state index contributed by atoms with van der Waals surface area (Å²) in [4.78, 5) is 24.1. The third kappa shape index (κ3) is 2.22. The van der Waals surface area contributed by atoms with Gasteiger partial charge in [0, 0.05) is 24.6 Å².